The molecule has 0 saturated heterocycles. The number of hydrogen-bond donors (Lipinski definition) is 8. The summed E-state index contributed by atoms with van der Waals surface area (Å²) >= 11 is 0. The van der Waals surface area contributed by atoms with Crippen LogP contribution in [0.2, 0.25) is 0 Å². The van der Waals surface area contributed by atoms with Crippen LogP contribution in [-0.4, -0.2) is 105 Å². The fourth-order valence-electron chi connectivity index (χ4n) is 20.2. The Hall–Kier alpha value is -11.9. The van der Waals surface area contributed by atoms with E-state index >= 15 is 0 Å². The van der Waals surface area contributed by atoms with Crippen LogP contribution >= 0.6 is 0 Å². The van der Waals surface area contributed by atoms with E-state index in [0.29, 0.717) is 35.3 Å². The second-order valence-corrected chi connectivity index (χ2v) is 39.0. The van der Waals surface area contributed by atoms with Gasteiger partial charge in [-0.1, -0.05) is 12.2 Å². The molecular weight excluding hydrogens is 1540 g/mol. The van der Waals surface area contributed by atoms with Gasteiger partial charge < -0.3 is 60.0 Å². The summed E-state index contributed by atoms with van der Waals surface area (Å²) in [6.45, 7) is 25.5. The molecule has 0 unspecified atom stereocenters. The minimum atomic E-state index is -0.184. The van der Waals surface area contributed by atoms with Gasteiger partial charge in [-0.15, -0.1) is 0 Å². The fourth-order valence-corrected chi connectivity index (χ4v) is 20.2. The van der Waals surface area contributed by atoms with Gasteiger partial charge in [0.2, 0.25) is 0 Å². The van der Waals surface area contributed by atoms with Crippen molar-refractivity contribution in [3.63, 3.8) is 0 Å². The van der Waals surface area contributed by atoms with Gasteiger partial charge in [0.1, 0.15) is 0 Å². The van der Waals surface area contributed by atoms with E-state index in [2.05, 4.69) is 217 Å². The van der Waals surface area contributed by atoms with E-state index in [-0.39, 0.29) is 46.6 Å². The lowest BCUT2D eigenvalue weighted by molar-refractivity contribution is 0.111. The molecule has 12 aromatic rings. The Bertz CT molecular complexity index is 6010. The maximum atomic E-state index is 9.98. The third-order valence-electron chi connectivity index (χ3n) is 27.6. The molecule has 0 atom stereocenters. The van der Waals surface area contributed by atoms with Crippen LogP contribution in [0.25, 0.3) is 100 Å². The molecule has 20 nitrogen and oxygen atoms in total. The van der Waals surface area contributed by atoms with Crippen molar-refractivity contribution < 1.29 is 20.4 Å². The summed E-state index contributed by atoms with van der Waals surface area (Å²) in [5.74, 6) is 0. The van der Waals surface area contributed by atoms with Gasteiger partial charge in [-0.3, -0.25) is 19.9 Å². The quantitative estimate of drug-likeness (QED) is 0.0701. The van der Waals surface area contributed by atoms with Crippen LogP contribution in [0.15, 0.2) is 135 Å². The van der Waals surface area contributed by atoms with Gasteiger partial charge in [0.25, 0.3) is 0 Å². The number of fused-ring (bicyclic) bond motifs is 8. The van der Waals surface area contributed by atoms with Crippen LogP contribution in [0.5, 0.6) is 0 Å². The summed E-state index contributed by atoms with van der Waals surface area (Å²) in [4.78, 5) is 19.0. The van der Waals surface area contributed by atoms with E-state index in [1.54, 1.807) is 0 Å². The first-order valence-electron chi connectivity index (χ1n) is 44.8. The highest BCUT2D eigenvalue weighted by Crippen LogP contribution is 2.47. The van der Waals surface area contributed by atoms with Crippen molar-refractivity contribution in [2.45, 2.75) is 282 Å². The second kappa shape index (κ2) is 33.6. The first-order chi connectivity index (χ1) is 59.4. The summed E-state index contributed by atoms with van der Waals surface area (Å²) < 4.78 is 9.48. The molecule has 0 radical (unpaired) electrons. The molecular formula is C104H116N16O4. The number of aromatic nitrogens is 8. The van der Waals surface area contributed by atoms with Crippen molar-refractivity contribution in [2.24, 2.45) is 0 Å². The molecule has 4 saturated carbocycles. The maximum Gasteiger partial charge on any atom is 0.0994 e. The number of hydrogen-bond acceptors (Lipinski definition) is 16. The molecule has 124 heavy (non-hydrogen) atoms. The highest BCUT2D eigenvalue weighted by atomic mass is 16.3. The van der Waals surface area contributed by atoms with E-state index in [0.717, 1.165) is 284 Å². The van der Waals surface area contributed by atoms with E-state index in [4.69, 9.17) is 19.9 Å². The van der Waals surface area contributed by atoms with Gasteiger partial charge in [0.15, 0.2) is 0 Å². The van der Waals surface area contributed by atoms with Crippen LogP contribution < -0.4 is 21.3 Å². The number of nitrogens with one attached hydrogen (secondary N) is 4. The maximum absolute atomic E-state index is 9.98. The Balaban J connectivity index is 0.000000117. The molecule has 8 aliphatic rings. The number of anilines is 4. The standard InChI is InChI=1S/2C26H30N4O.2C26H28N4O/c4*1-16-10-25-21(11-17(16)13-27)22(15-30(25)19-4-6-20(31)7-5-19)18-12-24-23(28-14-18)8-9-26(2,3)29-24/h2*10-12,14-15,19-20,29,31H,4-9H2,1-3H3;2*8-12,14-15,19-20,29,31H,4-7H2,1-3H3. The number of aryl methyl sites for hydroxylation is 6. The molecule has 8 N–H and O–H groups in total. The summed E-state index contributed by atoms with van der Waals surface area (Å²) in [5, 5.41) is 97.2. The normalized spacial score (nSPS) is 22.3. The van der Waals surface area contributed by atoms with E-state index < -0.39 is 0 Å². The van der Waals surface area contributed by atoms with E-state index in [1.807, 2.05) is 76.7 Å². The minimum Gasteiger partial charge on any atom is -0.393 e. The smallest absolute Gasteiger partial charge is 0.0994 e. The summed E-state index contributed by atoms with van der Waals surface area (Å²) in [5.41, 5.74) is 28.5. The topological polar surface area (TPSA) is 295 Å². The largest absolute Gasteiger partial charge is 0.393 e. The molecule has 0 spiro atoms. The zero-order chi connectivity index (χ0) is 87.0. The lowest BCUT2D eigenvalue weighted by atomic mass is 9.91. The van der Waals surface area contributed by atoms with Gasteiger partial charge in [-0.05, 0) is 319 Å². The van der Waals surface area contributed by atoms with Crippen LogP contribution in [0, 0.1) is 73.0 Å². The van der Waals surface area contributed by atoms with Gasteiger partial charge in [-0.25, -0.2) is 0 Å². The predicted octanol–water partition coefficient (Wildman–Crippen LogP) is 22.1. The molecule has 20 rings (SSSR count). The third-order valence-corrected chi connectivity index (χ3v) is 27.6. The van der Waals surface area contributed by atoms with Crippen LogP contribution in [0.3, 0.4) is 0 Å². The Morgan fingerprint density at radius 1 is 0.331 bits per heavy atom. The predicted molar refractivity (Wildman–Crippen MR) is 498 cm³/mol. The number of benzene rings is 4. The number of nitrogens with zero attached hydrogens (tertiary/aromatic N) is 12. The number of aliphatic hydroxyl groups is 4. The van der Waals surface area contributed by atoms with Crippen molar-refractivity contribution in [3.05, 3.63) is 202 Å². The Morgan fingerprint density at radius 2 is 0.581 bits per heavy atom. The van der Waals surface area contributed by atoms with Crippen molar-refractivity contribution >= 4 is 78.5 Å². The van der Waals surface area contributed by atoms with Crippen molar-refractivity contribution in [1.29, 1.82) is 21.0 Å². The SMILES string of the molecule is Cc1cc2c(cc1C#N)c(-c1cnc3c(c1)NC(C)(C)C=C3)cn2C1CCC(O)CC1.Cc1cc2c(cc1C#N)c(-c1cnc3c(c1)NC(C)(C)C=C3)cn2C1CCC(O)CC1.Cc1cc2c(cc1C#N)c(-c1cnc3c(c1)NC(C)(C)CC3)cn2C1CCC(O)CC1.Cc1cc2c(cc1C#N)c(-c1cnc3c(c1)NC(C)(C)CC3)cn2C1CCC(O)CC1. The Kier molecular flexibility index (Phi) is 22.9. The Morgan fingerprint density at radius 3 is 0.839 bits per heavy atom. The second-order valence-electron chi connectivity index (χ2n) is 39.0. The van der Waals surface area contributed by atoms with E-state index in [1.165, 1.54) is 11.0 Å². The lowest BCUT2D eigenvalue weighted by Gasteiger charge is -2.33. The van der Waals surface area contributed by atoms with Gasteiger partial charge in [0, 0.05) is 173 Å². The average Bonchev–Trinajstić information content (AvgIpc) is 1.60. The van der Waals surface area contributed by atoms with Gasteiger partial charge >= 0.3 is 0 Å². The first kappa shape index (κ1) is 84.3. The molecule has 4 aliphatic carbocycles. The number of pyridine rings is 4. The van der Waals surface area contributed by atoms with E-state index in [9.17, 15) is 41.5 Å². The molecule has 4 aliphatic heterocycles. The van der Waals surface area contributed by atoms with Gasteiger partial charge in [-0.2, -0.15) is 21.0 Å². The van der Waals surface area contributed by atoms with Crippen molar-refractivity contribution in [3.8, 4) is 68.8 Å². The number of nitriles is 4. The zero-order valence-electron chi connectivity index (χ0n) is 73.8. The highest BCUT2D eigenvalue weighted by molar-refractivity contribution is 6.02. The number of aliphatic hydroxyl groups excluding tert-OH is 4. The highest BCUT2D eigenvalue weighted by Gasteiger charge is 2.34. The molecule has 0 bridgehead atoms. The summed E-state index contributed by atoms with van der Waals surface area (Å²) in [7, 11) is 0. The molecule has 8 aromatic heterocycles. The monoisotopic (exact) mass is 1650 g/mol. The van der Waals surface area contributed by atoms with Crippen molar-refractivity contribution in [1.82, 2.24) is 38.2 Å². The molecule has 20 heteroatoms. The fraction of sp³-hybridized carbons (Fsp3) is 0.423. The summed E-state index contributed by atoms with van der Waals surface area (Å²) in [6.07, 6.45) is 43.0. The molecule has 12 heterocycles. The van der Waals surface area contributed by atoms with Crippen molar-refractivity contribution in [2.75, 3.05) is 21.3 Å². The van der Waals surface area contributed by atoms with Crippen LogP contribution in [-0.2, 0) is 12.8 Å². The lowest BCUT2D eigenvalue weighted by Crippen LogP contribution is -2.35. The zero-order valence-corrected chi connectivity index (χ0v) is 73.8. The first-order valence-corrected chi connectivity index (χ1v) is 44.8. The third kappa shape index (κ3) is 17.2. The summed E-state index contributed by atoms with van der Waals surface area (Å²) in [6, 6.07) is 36.3. The molecule has 636 valence electrons. The molecule has 4 aromatic carbocycles. The Labute approximate surface area is 728 Å². The van der Waals surface area contributed by atoms with Crippen LogP contribution in [0.4, 0.5) is 22.7 Å². The average molecular weight is 1650 g/mol. The van der Waals surface area contributed by atoms with Crippen LogP contribution in [0.1, 0.15) is 262 Å². The van der Waals surface area contributed by atoms with Gasteiger partial charge in [0.05, 0.1) is 128 Å². The molecule has 0 amide bonds. The number of rotatable bonds is 8. The molecule has 4 fully saturated rings. The minimum absolute atomic E-state index is 0.0648.